The van der Waals surface area contributed by atoms with Gasteiger partial charge in [-0.15, -0.1) is 0 Å². The van der Waals surface area contributed by atoms with Gasteiger partial charge in [0.1, 0.15) is 23.9 Å². The lowest BCUT2D eigenvalue weighted by atomic mass is 9.44. The number of fused-ring (bicyclic) bond motifs is 5. The highest BCUT2D eigenvalue weighted by molar-refractivity contribution is 5.95. The first-order chi connectivity index (χ1) is 31.6. The molecule has 2 saturated carbocycles. The lowest BCUT2D eigenvalue weighted by Gasteiger charge is -2.67. The zero-order chi connectivity index (χ0) is 48.8. The molecule has 0 aromatic heterocycles. The van der Waals surface area contributed by atoms with Crippen LogP contribution in [0.3, 0.4) is 0 Å². The van der Waals surface area contributed by atoms with Crippen LogP contribution in [0.4, 0.5) is 5.69 Å². The third-order valence-electron chi connectivity index (χ3n) is 14.1. The van der Waals surface area contributed by atoms with Gasteiger partial charge in [0.25, 0.3) is 5.69 Å². The summed E-state index contributed by atoms with van der Waals surface area (Å²) in [5, 5.41) is 39.5. The molecule has 7 rings (SSSR count). The number of nitrogens with one attached hydrogen (secondary N) is 1. The summed E-state index contributed by atoms with van der Waals surface area (Å²) in [5.41, 5.74) is -7.01. The van der Waals surface area contributed by atoms with Gasteiger partial charge in [-0.3, -0.25) is 29.3 Å². The maximum Gasteiger partial charge on any atom is 0.338 e. The third-order valence-corrected chi connectivity index (χ3v) is 14.1. The van der Waals surface area contributed by atoms with Gasteiger partial charge in [0, 0.05) is 51.2 Å². The Morgan fingerprint density at radius 1 is 0.896 bits per heavy atom. The predicted molar refractivity (Wildman–Crippen MR) is 233 cm³/mol. The number of Topliss-reactive ketones (excluding diaryl/α,β-unsaturated/α-hetero) is 1. The number of rotatable bonds is 13. The Kier molecular flexibility index (Phi) is 13.3. The Morgan fingerprint density at radius 2 is 1.52 bits per heavy atom. The Bertz CT molecular complexity index is 2480. The molecule has 3 aromatic carbocycles. The number of benzene rings is 3. The molecule has 3 fully saturated rings. The number of aliphatic hydroxyl groups is 2. The SMILES string of the molecule is CC(=O)N[C@@H](c1ccccc1)[C@@H](O)C(=O)O[C@H]1C[C@@]2(O)[C@@H](OC(=O)c3ccccc3)[C@@H]3[C@]4(OC(C)=O)CO[C@@H]4C[C@H](OCc4ccc([N+](=O)[O-])cc4)[C@@]3(C)C(=O)[C@H](OC(C)=O)C(=C1C)C2(C)C. The maximum absolute atomic E-state index is 16.1. The molecule has 4 aliphatic rings. The summed E-state index contributed by atoms with van der Waals surface area (Å²) in [6, 6.07) is 20.3. The molecule has 1 heterocycles. The second-order valence-electron chi connectivity index (χ2n) is 18.4. The number of ketones is 1. The molecule has 67 heavy (non-hydrogen) atoms. The normalized spacial score (nSPS) is 30.3. The van der Waals surface area contributed by atoms with Crippen molar-refractivity contribution in [2.24, 2.45) is 16.7 Å². The van der Waals surface area contributed by atoms with E-state index in [0.29, 0.717) is 11.1 Å². The molecule has 1 saturated heterocycles. The van der Waals surface area contributed by atoms with Crippen molar-refractivity contribution >= 4 is 41.3 Å². The van der Waals surface area contributed by atoms with Gasteiger partial charge in [-0.25, -0.2) is 9.59 Å². The molecule has 2 bridgehead atoms. The van der Waals surface area contributed by atoms with E-state index in [1.807, 2.05) is 0 Å². The average Bonchev–Trinajstić information content (AvgIpc) is 3.27. The number of hydrogen-bond acceptors (Lipinski definition) is 16. The number of ether oxygens (including phenoxy) is 6. The molecule has 3 aliphatic carbocycles. The highest BCUT2D eigenvalue weighted by atomic mass is 16.6. The fraction of sp³-hybridized carbons (Fsp3) is 0.469. The number of non-ortho nitro benzene ring substituents is 1. The molecule has 356 valence electrons. The van der Waals surface area contributed by atoms with Gasteiger partial charge in [-0.1, -0.05) is 62.4 Å². The Hall–Kier alpha value is -6.34. The van der Waals surface area contributed by atoms with Gasteiger partial charge in [0.15, 0.2) is 23.6 Å². The molecular formula is C49H54N2O16. The van der Waals surface area contributed by atoms with Crippen LogP contribution in [0.5, 0.6) is 0 Å². The predicted octanol–water partition coefficient (Wildman–Crippen LogP) is 4.57. The minimum atomic E-state index is -2.42. The second kappa shape index (κ2) is 18.4. The summed E-state index contributed by atoms with van der Waals surface area (Å²) < 4.78 is 37.6. The molecule has 18 nitrogen and oxygen atoms in total. The minimum Gasteiger partial charge on any atom is -0.456 e. The van der Waals surface area contributed by atoms with Crippen molar-refractivity contribution in [1.82, 2.24) is 5.32 Å². The van der Waals surface area contributed by atoms with Crippen LogP contribution in [0, 0.1) is 26.9 Å². The fourth-order valence-electron chi connectivity index (χ4n) is 10.7. The van der Waals surface area contributed by atoms with E-state index in [1.165, 1.54) is 57.2 Å². The van der Waals surface area contributed by atoms with Crippen LogP contribution in [0.15, 0.2) is 96.1 Å². The highest BCUT2D eigenvalue weighted by Crippen LogP contribution is 2.65. The molecular weight excluding hydrogens is 873 g/mol. The summed E-state index contributed by atoms with van der Waals surface area (Å²) in [5.74, 6) is -6.78. The van der Waals surface area contributed by atoms with Crippen LogP contribution in [-0.4, -0.2) is 105 Å². The van der Waals surface area contributed by atoms with Crippen molar-refractivity contribution in [3.05, 3.63) is 123 Å². The Morgan fingerprint density at radius 3 is 2.07 bits per heavy atom. The molecule has 3 N–H and O–H groups in total. The number of carbonyl (C=O) groups is 6. The van der Waals surface area contributed by atoms with E-state index >= 15 is 4.79 Å². The zero-order valence-corrected chi connectivity index (χ0v) is 38.1. The van der Waals surface area contributed by atoms with Gasteiger partial charge in [-0.05, 0) is 60.4 Å². The molecule has 0 spiro atoms. The van der Waals surface area contributed by atoms with Crippen molar-refractivity contribution in [3.63, 3.8) is 0 Å². The number of amides is 1. The van der Waals surface area contributed by atoms with E-state index < -0.39 is 118 Å². The van der Waals surface area contributed by atoms with Crippen LogP contribution in [-0.2, 0) is 59.0 Å². The quantitative estimate of drug-likeness (QED) is 0.0698. The van der Waals surface area contributed by atoms with Gasteiger partial charge < -0.3 is 44.0 Å². The van der Waals surface area contributed by atoms with Gasteiger partial charge in [0.05, 0.1) is 47.2 Å². The van der Waals surface area contributed by atoms with E-state index in [2.05, 4.69) is 5.32 Å². The van der Waals surface area contributed by atoms with Crippen molar-refractivity contribution < 1.29 is 72.3 Å². The largest absolute Gasteiger partial charge is 0.456 e. The monoisotopic (exact) mass is 926 g/mol. The smallest absolute Gasteiger partial charge is 0.338 e. The van der Waals surface area contributed by atoms with E-state index in [1.54, 1.807) is 62.4 Å². The van der Waals surface area contributed by atoms with Crippen LogP contribution in [0.25, 0.3) is 0 Å². The summed E-state index contributed by atoms with van der Waals surface area (Å²) >= 11 is 0. The van der Waals surface area contributed by atoms with Crippen molar-refractivity contribution in [2.45, 2.75) is 122 Å². The number of carbonyl (C=O) groups excluding carboxylic acids is 6. The molecule has 0 radical (unpaired) electrons. The number of aliphatic hydroxyl groups excluding tert-OH is 1. The maximum atomic E-state index is 16.1. The Labute approximate surface area is 386 Å². The van der Waals surface area contributed by atoms with Crippen molar-refractivity contribution in [2.75, 3.05) is 6.61 Å². The van der Waals surface area contributed by atoms with Crippen molar-refractivity contribution in [3.8, 4) is 0 Å². The van der Waals surface area contributed by atoms with Crippen LogP contribution < -0.4 is 5.32 Å². The number of nitro groups is 1. The average molecular weight is 927 g/mol. The van der Waals surface area contributed by atoms with E-state index in [0.717, 1.165) is 13.8 Å². The van der Waals surface area contributed by atoms with Gasteiger partial charge >= 0.3 is 23.9 Å². The van der Waals surface area contributed by atoms with E-state index in [9.17, 15) is 44.3 Å². The van der Waals surface area contributed by atoms with Gasteiger partial charge in [-0.2, -0.15) is 0 Å². The molecule has 11 atom stereocenters. The molecule has 3 aromatic rings. The third kappa shape index (κ3) is 8.62. The number of esters is 4. The summed E-state index contributed by atoms with van der Waals surface area (Å²) in [7, 11) is 0. The molecule has 1 amide bonds. The van der Waals surface area contributed by atoms with Crippen LogP contribution in [0.2, 0.25) is 0 Å². The van der Waals surface area contributed by atoms with Crippen molar-refractivity contribution in [1.29, 1.82) is 0 Å². The first-order valence-electron chi connectivity index (χ1n) is 21.8. The Balaban J connectivity index is 1.44. The first kappa shape index (κ1) is 48.6. The molecule has 1 aliphatic heterocycles. The van der Waals surface area contributed by atoms with E-state index in [4.69, 9.17) is 28.4 Å². The van der Waals surface area contributed by atoms with Gasteiger partial charge in [0.2, 0.25) is 5.91 Å². The molecule has 18 heteroatoms. The lowest BCUT2D eigenvalue weighted by molar-refractivity contribution is -0.384. The number of hydrogen-bond donors (Lipinski definition) is 3. The zero-order valence-electron chi connectivity index (χ0n) is 38.1. The summed E-state index contributed by atoms with van der Waals surface area (Å²) in [4.78, 5) is 94.6. The lowest BCUT2D eigenvalue weighted by Crippen LogP contribution is -2.82. The summed E-state index contributed by atoms with van der Waals surface area (Å²) in [6.07, 6.45) is -10.1. The van der Waals surface area contributed by atoms with Crippen LogP contribution in [0.1, 0.15) is 88.8 Å². The fourth-order valence-corrected chi connectivity index (χ4v) is 10.7. The first-order valence-corrected chi connectivity index (χ1v) is 21.8. The summed E-state index contributed by atoms with van der Waals surface area (Å²) in [6.45, 7) is 9.08. The molecule has 0 unspecified atom stereocenters. The standard InChI is InChI=1S/C49H54N2O16/c1-26-34(65-45(58)39(55)38(50-27(2)52)31-14-10-8-11-15-31)23-49(59)43(66-44(57)32-16-12-9-13-17-32)41-47(7,42(56)40(64-28(3)53)37(26)46(49,5)6)35(22-36-48(41,25-63-36)67-29(4)54)62-24-30-18-20-33(21-19-30)51(60)61/h8-21,34-36,38-41,43,55,59H,22-25H2,1-7H3,(H,50,52)/t34-,35-,36+,38-,39+,40+,41-,43-,47+,48-,49+/m0/s1. The van der Waals surface area contributed by atoms with Crippen LogP contribution >= 0.6 is 0 Å². The minimum absolute atomic E-state index is 0.00159. The second-order valence-corrected chi connectivity index (χ2v) is 18.4. The van der Waals surface area contributed by atoms with E-state index in [-0.39, 0.29) is 42.0 Å². The topological polar surface area (TPSA) is 253 Å². The highest BCUT2D eigenvalue weighted by Gasteiger charge is 2.78. The number of nitrogens with zero attached hydrogens (tertiary/aromatic N) is 1. The number of nitro benzene ring substituents is 1.